The third kappa shape index (κ3) is 3.72. The van der Waals surface area contributed by atoms with Gasteiger partial charge in [-0.3, -0.25) is 4.79 Å². The van der Waals surface area contributed by atoms with Crippen LogP contribution in [0.4, 0.5) is 24.5 Å². The number of carbonyl (C=O) groups excluding carboxylic acids is 1. The second-order valence-electron chi connectivity index (χ2n) is 5.79. The van der Waals surface area contributed by atoms with Crippen molar-refractivity contribution >= 4 is 17.3 Å². The molecule has 0 radical (unpaired) electrons. The van der Waals surface area contributed by atoms with Gasteiger partial charge >= 0.3 is 6.18 Å². The highest BCUT2D eigenvalue weighted by atomic mass is 19.4. The van der Waals surface area contributed by atoms with Gasteiger partial charge in [-0.05, 0) is 48.9 Å². The minimum Gasteiger partial charge on any atom is -0.451 e. The molecule has 0 saturated heterocycles. The molecule has 0 spiro atoms. The monoisotopic (exact) mass is 360 g/mol. The summed E-state index contributed by atoms with van der Waals surface area (Å²) in [6.45, 7) is 1.87. The number of aryl methyl sites for hydroxylation is 1. The Bertz CT molecular complexity index is 961. The van der Waals surface area contributed by atoms with E-state index in [-0.39, 0.29) is 17.1 Å². The van der Waals surface area contributed by atoms with Crippen LogP contribution in [0.25, 0.3) is 11.3 Å². The Hall–Kier alpha value is -3.22. The van der Waals surface area contributed by atoms with Gasteiger partial charge in [0.15, 0.2) is 5.76 Å². The van der Waals surface area contributed by atoms with E-state index in [0.717, 1.165) is 17.7 Å². The van der Waals surface area contributed by atoms with E-state index in [4.69, 9.17) is 10.2 Å². The molecule has 1 amide bonds. The molecule has 3 N–H and O–H groups in total. The highest BCUT2D eigenvalue weighted by molar-refractivity contribution is 6.04. The van der Waals surface area contributed by atoms with E-state index in [1.54, 1.807) is 18.2 Å². The predicted octanol–water partition coefficient (Wildman–Crippen LogP) is 5.11. The van der Waals surface area contributed by atoms with Crippen molar-refractivity contribution in [1.29, 1.82) is 0 Å². The van der Waals surface area contributed by atoms with Gasteiger partial charge in [0.2, 0.25) is 0 Å². The van der Waals surface area contributed by atoms with Crippen molar-refractivity contribution in [3.05, 3.63) is 71.5 Å². The van der Waals surface area contributed by atoms with Gasteiger partial charge in [0.05, 0.1) is 16.9 Å². The summed E-state index contributed by atoms with van der Waals surface area (Å²) in [5, 5.41) is 2.62. The van der Waals surface area contributed by atoms with Gasteiger partial charge in [-0.15, -0.1) is 0 Å². The number of amides is 1. The molecule has 0 atom stereocenters. The molecule has 134 valence electrons. The molecule has 1 aromatic heterocycles. The number of furan rings is 1. The van der Waals surface area contributed by atoms with Crippen LogP contribution in [-0.4, -0.2) is 5.91 Å². The fraction of sp³-hybridized carbons (Fsp3) is 0.105. The summed E-state index contributed by atoms with van der Waals surface area (Å²) >= 11 is 0. The fourth-order valence-electron chi connectivity index (χ4n) is 2.44. The van der Waals surface area contributed by atoms with Crippen LogP contribution in [0.1, 0.15) is 21.7 Å². The van der Waals surface area contributed by atoms with Crippen molar-refractivity contribution in [2.24, 2.45) is 0 Å². The maximum atomic E-state index is 12.8. The minimum absolute atomic E-state index is 0.0302. The van der Waals surface area contributed by atoms with Crippen molar-refractivity contribution in [3.63, 3.8) is 0 Å². The molecule has 0 saturated carbocycles. The number of nitrogens with one attached hydrogen (secondary N) is 1. The Kier molecular flexibility index (Phi) is 4.46. The van der Waals surface area contributed by atoms with Crippen molar-refractivity contribution in [2.75, 3.05) is 11.1 Å². The molecule has 2 aromatic carbocycles. The number of nitrogen functional groups attached to an aromatic ring is 1. The van der Waals surface area contributed by atoms with E-state index < -0.39 is 17.6 Å². The number of nitrogens with two attached hydrogens (primary N) is 1. The first-order valence-corrected chi connectivity index (χ1v) is 7.69. The highest BCUT2D eigenvalue weighted by Gasteiger charge is 2.30. The van der Waals surface area contributed by atoms with Gasteiger partial charge in [-0.25, -0.2) is 0 Å². The van der Waals surface area contributed by atoms with E-state index >= 15 is 0 Å². The topological polar surface area (TPSA) is 68.3 Å². The molecule has 3 rings (SSSR count). The van der Waals surface area contributed by atoms with Crippen LogP contribution < -0.4 is 11.1 Å². The third-order valence-corrected chi connectivity index (χ3v) is 3.76. The summed E-state index contributed by atoms with van der Waals surface area (Å²) in [6, 6.07) is 12.7. The summed E-state index contributed by atoms with van der Waals surface area (Å²) in [4.78, 5) is 12.3. The van der Waals surface area contributed by atoms with Crippen LogP contribution in [0.5, 0.6) is 0 Å². The normalized spacial score (nSPS) is 11.4. The quantitative estimate of drug-likeness (QED) is 0.638. The number of hydrogen-bond acceptors (Lipinski definition) is 3. The Morgan fingerprint density at radius 2 is 1.85 bits per heavy atom. The molecular formula is C19H15F3N2O2. The van der Waals surface area contributed by atoms with E-state index in [1.165, 1.54) is 24.3 Å². The van der Waals surface area contributed by atoms with E-state index in [2.05, 4.69) is 5.32 Å². The summed E-state index contributed by atoms with van der Waals surface area (Å²) in [5.74, 6) is -0.408. The van der Waals surface area contributed by atoms with Gasteiger partial charge in [0.1, 0.15) is 5.76 Å². The number of alkyl halides is 3. The standard InChI is InChI=1S/C19H15F3N2O2/c1-11-5-6-15(14(23)9-11)24-18(25)17-8-7-16(26-17)12-3-2-4-13(10-12)19(20,21)22/h2-10H,23H2,1H3,(H,24,25). The van der Waals surface area contributed by atoms with Gasteiger partial charge in [0.25, 0.3) is 5.91 Å². The molecular weight excluding hydrogens is 345 g/mol. The Balaban J connectivity index is 1.82. The smallest absolute Gasteiger partial charge is 0.416 e. The van der Waals surface area contributed by atoms with Crippen LogP contribution >= 0.6 is 0 Å². The van der Waals surface area contributed by atoms with Crippen molar-refractivity contribution in [1.82, 2.24) is 0 Å². The molecule has 3 aromatic rings. The first-order valence-electron chi connectivity index (χ1n) is 7.69. The molecule has 0 bridgehead atoms. The summed E-state index contributed by atoms with van der Waals surface area (Å²) in [7, 11) is 0. The number of halogens is 3. The average molecular weight is 360 g/mol. The zero-order valence-corrected chi connectivity index (χ0v) is 13.7. The molecule has 0 aliphatic rings. The highest BCUT2D eigenvalue weighted by Crippen LogP contribution is 2.32. The van der Waals surface area contributed by atoms with Crippen LogP contribution in [0.2, 0.25) is 0 Å². The number of anilines is 2. The second kappa shape index (κ2) is 6.59. The van der Waals surface area contributed by atoms with Crippen molar-refractivity contribution in [2.45, 2.75) is 13.1 Å². The molecule has 7 heteroatoms. The van der Waals surface area contributed by atoms with E-state index in [1.807, 2.05) is 6.92 Å². The van der Waals surface area contributed by atoms with E-state index in [9.17, 15) is 18.0 Å². The largest absolute Gasteiger partial charge is 0.451 e. The first-order chi connectivity index (χ1) is 12.2. The second-order valence-corrected chi connectivity index (χ2v) is 5.79. The van der Waals surface area contributed by atoms with Crippen LogP contribution in [0.3, 0.4) is 0 Å². The lowest BCUT2D eigenvalue weighted by atomic mass is 10.1. The van der Waals surface area contributed by atoms with Crippen molar-refractivity contribution in [3.8, 4) is 11.3 Å². The Labute approximate surface area is 147 Å². The molecule has 0 aliphatic carbocycles. The fourth-order valence-corrected chi connectivity index (χ4v) is 2.44. The summed E-state index contributed by atoms with van der Waals surface area (Å²) in [5.41, 5.74) is 7.08. The van der Waals surface area contributed by atoms with Gasteiger partial charge in [0, 0.05) is 5.56 Å². The van der Waals surface area contributed by atoms with Gasteiger partial charge in [-0.2, -0.15) is 13.2 Å². The number of rotatable bonds is 3. The van der Waals surface area contributed by atoms with Crippen LogP contribution in [-0.2, 0) is 6.18 Å². The van der Waals surface area contributed by atoms with Gasteiger partial charge in [-0.1, -0.05) is 18.2 Å². The molecule has 1 heterocycles. The SMILES string of the molecule is Cc1ccc(NC(=O)c2ccc(-c3cccc(C(F)(F)F)c3)o2)c(N)c1. The summed E-state index contributed by atoms with van der Waals surface area (Å²) in [6.07, 6.45) is -4.45. The molecule has 26 heavy (non-hydrogen) atoms. The average Bonchev–Trinajstić information content (AvgIpc) is 3.07. The number of carbonyl (C=O) groups is 1. The van der Waals surface area contributed by atoms with Gasteiger partial charge < -0.3 is 15.5 Å². The van der Waals surface area contributed by atoms with E-state index in [0.29, 0.717) is 11.4 Å². The number of hydrogen-bond donors (Lipinski definition) is 2. The van der Waals surface area contributed by atoms with Crippen LogP contribution in [0.15, 0.2) is 59.0 Å². The molecule has 0 unspecified atom stereocenters. The lowest BCUT2D eigenvalue weighted by Gasteiger charge is -2.08. The molecule has 4 nitrogen and oxygen atoms in total. The zero-order chi connectivity index (χ0) is 18.9. The predicted molar refractivity (Wildman–Crippen MR) is 92.7 cm³/mol. The zero-order valence-electron chi connectivity index (χ0n) is 13.7. The first kappa shape index (κ1) is 17.6. The maximum Gasteiger partial charge on any atom is 0.416 e. The lowest BCUT2D eigenvalue weighted by Crippen LogP contribution is -2.12. The summed E-state index contributed by atoms with van der Waals surface area (Å²) < 4.78 is 43.9. The Morgan fingerprint density at radius 3 is 2.54 bits per heavy atom. The molecule has 0 fully saturated rings. The van der Waals surface area contributed by atoms with Crippen LogP contribution in [0, 0.1) is 6.92 Å². The lowest BCUT2D eigenvalue weighted by molar-refractivity contribution is -0.137. The van der Waals surface area contributed by atoms with Crippen molar-refractivity contribution < 1.29 is 22.4 Å². The minimum atomic E-state index is -4.45. The molecule has 0 aliphatic heterocycles. The number of benzene rings is 2. The Morgan fingerprint density at radius 1 is 1.08 bits per heavy atom. The maximum absolute atomic E-state index is 12.8. The third-order valence-electron chi connectivity index (χ3n) is 3.76.